The summed E-state index contributed by atoms with van der Waals surface area (Å²) in [6.07, 6.45) is 2.46. The third-order valence-electron chi connectivity index (χ3n) is 4.64. The van der Waals surface area contributed by atoms with E-state index in [0.29, 0.717) is 31.7 Å². The largest absolute Gasteiger partial charge is 0.334 e. The van der Waals surface area contributed by atoms with Gasteiger partial charge >= 0.3 is 0 Å². The standard InChI is InChI=1S/C22H26N4O.ClH/c1-18-21(15-24-26(18)17-20-11-6-3-7-12-20)22(27)25(14-8-13-23)16-19-9-4-2-5-10-19;/h2-7,9-12,15H,8,13-14,16-17,23H2,1H3;1H. The van der Waals surface area contributed by atoms with Gasteiger partial charge in [0.25, 0.3) is 5.91 Å². The van der Waals surface area contributed by atoms with Gasteiger partial charge in [0.05, 0.1) is 18.3 Å². The van der Waals surface area contributed by atoms with E-state index in [4.69, 9.17) is 5.73 Å². The number of amides is 1. The average molecular weight is 399 g/mol. The number of benzene rings is 2. The van der Waals surface area contributed by atoms with E-state index in [1.54, 1.807) is 6.20 Å². The molecule has 0 saturated carbocycles. The zero-order chi connectivity index (χ0) is 19.1. The lowest BCUT2D eigenvalue weighted by molar-refractivity contribution is 0.0741. The van der Waals surface area contributed by atoms with Crippen molar-refractivity contribution in [2.24, 2.45) is 5.73 Å². The second-order valence-corrected chi connectivity index (χ2v) is 6.64. The van der Waals surface area contributed by atoms with Crippen molar-refractivity contribution >= 4 is 18.3 Å². The van der Waals surface area contributed by atoms with Gasteiger partial charge in [-0.15, -0.1) is 12.4 Å². The monoisotopic (exact) mass is 398 g/mol. The molecule has 5 nitrogen and oxygen atoms in total. The molecule has 0 atom stereocenters. The van der Waals surface area contributed by atoms with Gasteiger partial charge in [-0.25, -0.2) is 0 Å². The molecule has 0 aliphatic rings. The number of halogens is 1. The van der Waals surface area contributed by atoms with Crippen LogP contribution in [0.25, 0.3) is 0 Å². The molecule has 0 aliphatic carbocycles. The second kappa shape index (κ2) is 10.6. The van der Waals surface area contributed by atoms with Crippen LogP contribution in [0.5, 0.6) is 0 Å². The van der Waals surface area contributed by atoms with E-state index >= 15 is 0 Å². The van der Waals surface area contributed by atoms with Crippen LogP contribution in [-0.4, -0.2) is 33.7 Å². The number of aromatic nitrogens is 2. The number of hydrogen-bond acceptors (Lipinski definition) is 3. The molecule has 3 rings (SSSR count). The van der Waals surface area contributed by atoms with Crippen molar-refractivity contribution in [3.8, 4) is 0 Å². The zero-order valence-corrected chi connectivity index (χ0v) is 16.9. The SMILES string of the molecule is Cc1c(C(=O)N(CCCN)Cc2ccccc2)cnn1Cc1ccccc1.Cl. The second-order valence-electron chi connectivity index (χ2n) is 6.64. The summed E-state index contributed by atoms with van der Waals surface area (Å²) in [6.45, 7) is 4.37. The quantitative estimate of drug-likeness (QED) is 0.629. The van der Waals surface area contributed by atoms with Gasteiger partial charge in [-0.1, -0.05) is 60.7 Å². The molecular weight excluding hydrogens is 372 g/mol. The molecule has 0 bridgehead atoms. The van der Waals surface area contributed by atoms with Crippen LogP contribution in [0.15, 0.2) is 66.9 Å². The molecule has 28 heavy (non-hydrogen) atoms. The van der Waals surface area contributed by atoms with Crippen molar-refractivity contribution in [1.82, 2.24) is 14.7 Å². The smallest absolute Gasteiger partial charge is 0.257 e. The molecule has 1 amide bonds. The third kappa shape index (κ3) is 5.44. The van der Waals surface area contributed by atoms with E-state index in [-0.39, 0.29) is 18.3 Å². The lowest BCUT2D eigenvalue weighted by Crippen LogP contribution is -2.32. The van der Waals surface area contributed by atoms with Gasteiger partial charge in [0, 0.05) is 18.8 Å². The van der Waals surface area contributed by atoms with Crippen molar-refractivity contribution < 1.29 is 4.79 Å². The molecule has 0 spiro atoms. The molecule has 2 N–H and O–H groups in total. The minimum Gasteiger partial charge on any atom is -0.334 e. The van der Waals surface area contributed by atoms with E-state index in [1.165, 1.54) is 0 Å². The molecule has 6 heteroatoms. The molecule has 3 aromatic rings. The number of rotatable bonds is 8. The van der Waals surface area contributed by atoms with Crippen LogP contribution in [0.2, 0.25) is 0 Å². The topological polar surface area (TPSA) is 64.2 Å². The summed E-state index contributed by atoms with van der Waals surface area (Å²) >= 11 is 0. The van der Waals surface area contributed by atoms with Gasteiger partial charge < -0.3 is 10.6 Å². The normalized spacial score (nSPS) is 10.4. The molecule has 2 aromatic carbocycles. The first-order valence-electron chi connectivity index (χ1n) is 9.28. The molecule has 0 unspecified atom stereocenters. The number of hydrogen-bond donors (Lipinski definition) is 1. The van der Waals surface area contributed by atoms with E-state index in [2.05, 4.69) is 17.2 Å². The Bertz CT molecular complexity index is 865. The van der Waals surface area contributed by atoms with E-state index in [1.807, 2.05) is 65.0 Å². The summed E-state index contributed by atoms with van der Waals surface area (Å²) in [5, 5.41) is 4.45. The minimum absolute atomic E-state index is 0. The maximum atomic E-state index is 13.2. The van der Waals surface area contributed by atoms with Crippen LogP contribution >= 0.6 is 12.4 Å². The van der Waals surface area contributed by atoms with Gasteiger partial charge in [-0.2, -0.15) is 5.10 Å². The Morgan fingerprint density at radius 1 is 1.04 bits per heavy atom. The van der Waals surface area contributed by atoms with Crippen LogP contribution < -0.4 is 5.73 Å². The van der Waals surface area contributed by atoms with Gasteiger partial charge in [0.15, 0.2) is 0 Å². The first-order valence-corrected chi connectivity index (χ1v) is 9.28. The Morgan fingerprint density at radius 3 is 2.25 bits per heavy atom. The van der Waals surface area contributed by atoms with Gasteiger partial charge in [-0.05, 0) is 31.0 Å². The summed E-state index contributed by atoms with van der Waals surface area (Å²) in [5.74, 6) is 0.00381. The predicted molar refractivity (Wildman–Crippen MR) is 115 cm³/mol. The molecule has 1 aromatic heterocycles. The number of carbonyl (C=O) groups excluding carboxylic acids is 1. The van der Waals surface area contributed by atoms with E-state index in [0.717, 1.165) is 23.2 Å². The fourth-order valence-corrected chi connectivity index (χ4v) is 3.08. The Balaban J connectivity index is 0.00000280. The highest BCUT2D eigenvalue weighted by Gasteiger charge is 2.20. The van der Waals surface area contributed by atoms with Gasteiger partial charge in [0.1, 0.15) is 0 Å². The van der Waals surface area contributed by atoms with Crippen LogP contribution in [0, 0.1) is 6.92 Å². The predicted octanol–water partition coefficient (Wildman–Crippen LogP) is 3.65. The Labute approximate surface area is 172 Å². The highest BCUT2D eigenvalue weighted by atomic mass is 35.5. The molecule has 0 fully saturated rings. The highest BCUT2D eigenvalue weighted by molar-refractivity contribution is 5.95. The maximum Gasteiger partial charge on any atom is 0.257 e. The number of nitrogens with zero attached hydrogens (tertiary/aromatic N) is 3. The fraction of sp³-hybridized carbons (Fsp3) is 0.273. The molecule has 0 radical (unpaired) electrons. The van der Waals surface area contributed by atoms with Crippen molar-refractivity contribution in [1.29, 1.82) is 0 Å². The molecule has 148 valence electrons. The molecule has 1 heterocycles. The van der Waals surface area contributed by atoms with Gasteiger partial charge in [-0.3, -0.25) is 9.48 Å². The van der Waals surface area contributed by atoms with Crippen LogP contribution in [0.4, 0.5) is 0 Å². The van der Waals surface area contributed by atoms with E-state index in [9.17, 15) is 4.79 Å². The Morgan fingerprint density at radius 2 is 1.64 bits per heavy atom. The van der Waals surface area contributed by atoms with Crippen LogP contribution in [-0.2, 0) is 13.1 Å². The van der Waals surface area contributed by atoms with Crippen LogP contribution in [0.3, 0.4) is 0 Å². The van der Waals surface area contributed by atoms with Crippen molar-refractivity contribution in [2.45, 2.75) is 26.4 Å². The minimum atomic E-state index is 0. The third-order valence-corrected chi connectivity index (χ3v) is 4.64. The summed E-state index contributed by atoms with van der Waals surface area (Å²) in [4.78, 5) is 15.0. The molecule has 0 saturated heterocycles. The maximum absolute atomic E-state index is 13.2. The lowest BCUT2D eigenvalue weighted by atomic mass is 10.1. The Kier molecular flexibility index (Phi) is 8.23. The summed E-state index contributed by atoms with van der Waals surface area (Å²) in [6, 6.07) is 20.2. The van der Waals surface area contributed by atoms with Crippen molar-refractivity contribution in [3.05, 3.63) is 89.2 Å². The number of nitrogens with two attached hydrogens (primary N) is 1. The van der Waals surface area contributed by atoms with Crippen molar-refractivity contribution in [2.75, 3.05) is 13.1 Å². The summed E-state index contributed by atoms with van der Waals surface area (Å²) in [7, 11) is 0. The summed E-state index contributed by atoms with van der Waals surface area (Å²) < 4.78 is 1.88. The first-order chi connectivity index (χ1) is 13.2. The first kappa shape index (κ1) is 21.7. The zero-order valence-electron chi connectivity index (χ0n) is 16.1. The molecule has 0 aliphatic heterocycles. The number of carbonyl (C=O) groups is 1. The fourth-order valence-electron chi connectivity index (χ4n) is 3.08. The van der Waals surface area contributed by atoms with E-state index < -0.39 is 0 Å². The lowest BCUT2D eigenvalue weighted by Gasteiger charge is -2.22. The van der Waals surface area contributed by atoms with Crippen molar-refractivity contribution in [3.63, 3.8) is 0 Å². The van der Waals surface area contributed by atoms with Gasteiger partial charge in [0.2, 0.25) is 0 Å². The molecular formula is C22H27ClN4O. The van der Waals surface area contributed by atoms with Crippen LogP contribution in [0.1, 0.15) is 33.6 Å². The summed E-state index contributed by atoms with van der Waals surface area (Å²) in [5.41, 5.74) is 9.48. The highest BCUT2D eigenvalue weighted by Crippen LogP contribution is 2.15. The Hall–Kier alpha value is -2.63. The average Bonchev–Trinajstić information content (AvgIpc) is 3.06.